The number of thiazole rings is 1. The Labute approximate surface area is 178 Å². The lowest BCUT2D eigenvalue weighted by atomic mass is 10.2. The molecule has 0 saturated carbocycles. The Morgan fingerprint density at radius 1 is 1.34 bits per heavy atom. The molecular formula is C20H23ClN4O3S. The van der Waals surface area contributed by atoms with Crippen LogP contribution in [0.5, 0.6) is 0 Å². The van der Waals surface area contributed by atoms with Crippen molar-refractivity contribution in [3.05, 3.63) is 28.7 Å². The maximum absolute atomic E-state index is 12.4. The van der Waals surface area contributed by atoms with E-state index in [1.54, 1.807) is 17.2 Å². The van der Waals surface area contributed by atoms with Crippen LogP contribution in [0.4, 0.5) is 10.8 Å². The van der Waals surface area contributed by atoms with Crippen molar-refractivity contribution >= 4 is 46.1 Å². The smallest absolute Gasteiger partial charge is 0.410 e. The first-order valence-electron chi connectivity index (χ1n) is 9.46. The lowest BCUT2D eigenvalue weighted by Crippen LogP contribution is -2.54. The van der Waals surface area contributed by atoms with Gasteiger partial charge in [0.1, 0.15) is 16.1 Å². The molecule has 1 aliphatic rings. The maximum Gasteiger partial charge on any atom is 0.410 e. The molecule has 4 rings (SSSR count). The predicted octanol–water partition coefficient (Wildman–Crippen LogP) is 5.05. The van der Waals surface area contributed by atoms with Gasteiger partial charge >= 0.3 is 6.09 Å². The number of oxazole rings is 1. The van der Waals surface area contributed by atoms with Crippen LogP contribution in [0.2, 0.25) is 5.02 Å². The SMILES string of the molecule is C[C@H]1CN(C(=O)OC(C)(C)C)CCN1c1nc2cc(Cl)cc(-c3nccs3)c2o1. The fourth-order valence-electron chi connectivity index (χ4n) is 3.36. The number of piperazine rings is 1. The van der Waals surface area contributed by atoms with Crippen LogP contribution in [-0.2, 0) is 4.74 Å². The molecular weight excluding hydrogens is 412 g/mol. The molecule has 3 aromatic rings. The zero-order valence-electron chi connectivity index (χ0n) is 16.8. The number of nitrogens with zero attached hydrogens (tertiary/aromatic N) is 4. The van der Waals surface area contributed by atoms with Crippen LogP contribution in [0, 0.1) is 0 Å². The Balaban J connectivity index is 1.58. The molecule has 154 valence electrons. The van der Waals surface area contributed by atoms with Gasteiger partial charge in [-0.3, -0.25) is 0 Å². The summed E-state index contributed by atoms with van der Waals surface area (Å²) in [5, 5.41) is 3.34. The Hall–Kier alpha value is -2.32. The summed E-state index contributed by atoms with van der Waals surface area (Å²) < 4.78 is 11.6. The number of halogens is 1. The number of rotatable bonds is 2. The molecule has 0 unspecified atom stereocenters. The molecule has 0 spiro atoms. The van der Waals surface area contributed by atoms with Crippen molar-refractivity contribution < 1.29 is 13.9 Å². The minimum atomic E-state index is -0.511. The summed E-state index contributed by atoms with van der Waals surface area (Å²) in [5.74, 6) is 0. The van der Waals surface area contributed by atoms with Gasteiger partial charge in [0.25, 0.3) is 6.01 Å². The molecule has 1 amide bonds. The highest BCUT2D eigenvalue weighted by molar-refractivity contribution is 7.13. The van der Waals surface area contributed by atoms with Crippen molar-refractivity contribution in [1.29, 1.82) is 0 Å². The van der Waals surface area contributed by atoms with Crippen molar-refractivity contribution in [2.24, 2.45) is 0 Å². The van der Waals surface area contributed by atoms with E-state index in [9.17, 15) is 4.79 Å². The van der Waals surface area contributed by atoms with Crippen LogP contribution in [0.25, 0.3) is 21.7 Å². The topological polar surface area (TPSA) is 71.7 Å². The number of amides is 1. The first kappa shape index (κ1) is 20.0. The van der Waals surface area contributed by atoms with Crippen molar-refractivity contribution in [2.75, 3.05) is 24.5 Å². The van der Waals surface area contributed by atoms with Gasteiger partial charge in [0.05, 0.1) is 5.56 Å². The summed E-state index contributed by atoms with van der Waals surface area (Å²) in [4.78, 5) is 25.2. The highest BCUT2D eigenvalue weighted by Gasteiger charge is 2.32. The highest BCUT2D eigenvalue weighted by Crippen LogP contribution is 2.36. The third-order valence-electron chi connectivity index (χ3n) is 4.63. The average molecular weight is 435 g/mol. The number of ether oxygens (including phenoxy) is 1. The Morgan fingerprint density at radius 3 is 2.79 bits per heavy atom. The van der Waals surface area contributed by atoms with E-state index in [4.69, 9.17) is 20.8 Å². The number of carbonyl (C=O) groups is 1. The summed E-state index contributed by atoms with van der Waals surface area (Å²) in [7, 11) is 0. The van der Waals surface area contributed by atoms with E-state index in [0.29, 0.717) is 41.8 Å². The molecule has 3 heterocycles. The van der Waals surface area contributed by atoms with Crippen molar-refractivity contribution in [3.63, 3.8) is 0 Å². The van der Waals surface area contributed by atoms with Crippen molar-refractivity contribution in [2.45, 2.75) is 39.3 Å². The molecule has 1 atom stereocenters. The second-order valence-corrected chi connectivity index (χ2v) is 9.44. The van der Waals surface area contributed by atoms with Crippen LogP contribution < -0.4 is 4.90 Å². The third kappa shape index (κ3) is 4.18. The number of fused-ring (bicyclic) bond motifs is 1. The standard InChI is InChI=1S/C20H23ClN4O3S/c1-12-11-24(19(26)28-20(2,3)4)6-7-25(12)18-23-15-10-13(21)9-14(16(15)27-18)17-22-5-8-29-17/h5,8-10,12H,6-7,11H2,1-4H3/t12-/m0/s1. The van der Waals surface area contributed by atoms with E-state index >= 15 is 0 Å². The minimum absolute atomic E-state index is 0.0307. The molecule has 1 aromatic carbocycles. The normalized spacial score (nSPS) is 17.8. The van der Waals surface area contributed by atoms with Gasteiger partial charge in [0.2, 0.25) is 0 Å². The number of aromatic nitrogens is 2. The number of carbonyl (C=O) groups excluding carboxylic acids is 1. The molecule has 1 fully saturated rings. The van der Waals surface area contributed by atoms with Gasteiger partial charge in [0.15, 0.2) is 5.58 Å². The zero-order valence-corrected chi connectivity index (χ0v) is 18.4. The summed E-state index contributed by atoms with van der Waals surface area (Å²) in [6.07, 6.45) is 1.46. The van der Waals surface area contributed by atoms with Gasteiger partial charge in [-0.15, -0.1) is 11.3 Å². The molecule has 1 saturated heterocycles. The van der Waals surface area contributed by atoms with Crippen molar-refractivity contribution in [1.82, 2.24) is 14.9 Å². The first-order valence-corrected chi connectivity index (χ1v) is 10.7. The Bertz CT molecular complexity index is 1030. The molecule has 0 N–H and O–H groups in total. The largest absolute Gasteiger partial charge is 0.444 e. The fraction of sp³-hybridized carbons (Fsp3) is 0.450. The zero-order chi connectivity index (χ0) is 20.8. The Kier molecular flexibility index (Phi) is 5.16. The third-order valence-corrected chi connectivity index (χ3v) is 5.66. The van der Waals surface area contributed by atoms with Crippen LogP contribution in [0.15, 0.2) is 28.1 Å². The van der Waals surface area contributed by atoms with Crippen LogP contribution in [0.1, 0.15) is 27.7 Å². The van der Waals surface area contributed by atoms with Crippen LogP contribution >= 0.6 is 22.9 Å². The van der Waals surface area contributed by atoms with E-state index in [-0.39, 0.29) is 12.1 Å². The number of hydrogen-bond acceptors (Lipinski definition) is 7. The van der Waals surface area contributed by atoms with E-state index in [0.717, 1.165) is 10.6 Å². The number of hydrogen-bond donors (Lipinski definition) is 0. The van der Waals surface area contributed by atoms with Gasteiger partial charge in [-0.25, -0.2) is 9.78 Å². The van der Waals surface area contributed by atoms with E-state index in [2.05, 4.69) is 14.9 Å². The molecule has 0 bridgehead atoms. The molecule has 0 radical (unpaired) electrons. The second kappa shape index (κ2) is 7.50. The maximum atomic E-state index is 12.4. The number of benzene rings is 1. The van der Waals surface area contributed by atoms with Gasteiger partial charge in [0, 0.05) is 42.3 Å². The van der Waals surface area contributed by atoms with E-state index in [1.807, 2.05) is 39.1 Å². The van der Waals surface area contributed by atoms with E-state index in [1.165, 1.54) is 11.3 Å². The molecule has 29 heavy (non-hydrogen) atoms. The minimum Gasteiger partial charge on any atom is -0.444 e. The van der Waals surface area contributed by atoms with Gasteiger partial charge in [-0.05, 0) is 39.8 Å². The van der Waals surface area contributed by atoms with Crippen LogP contribution in [0.3, 0.4) is 0 Å². The van der Waals surface area contributed by atoms with Crippen molar-refractivity contribution in [3.8, 4) is 10.6 Å². The summed E-state index contributed by atoms with van der Waals surface area (Å²) in [6, 6.07) is 4.20. The molecule has 1 aliphatic heterocycles. The monoisotopic (exact) mass is 434 g/mol. The molecule has 0 aliphatic carbocycles. The second-order valence-electron chi connectivity index (χ2n) is 8.10. The fourth-order valence-corrected chi connectivity index (χ4v) is 4.22. The lowest BCUT2D eigenvalue weighted by Gasteiger charge is -2.39. The van der Waals surface area contributed by atoms with Gasteiger partial charge in [-0.1, -0.05) is 11.6 Å². The summed E-state index contributed by atoms with van der Waals surface area (Å²) >= 11 is 7.82. The van der Waals surface area contributed by atoms with Gasteiger partial charge < -0.3 is 19.0 Å². The summed E-state index contributed by atoms with van der Waals surface area (Å²) in [6.45, 7) is 9.33. The van der Waals surface area contributed by atoms with Crippen LogP contribution in [-0.4, -0.2) is 52.2 Å². The average Bonchev–Trinajstić information content (AvgIpc) is 3.29. The summed E-state index contributed by atoms with van der Waals surface area (Å²) in [5.41, 5.74) is 1.69. The van der Waals surface area contributed by atoms with E-state index < -0.39 is 5.60 Å². The molecule has 2 aromatic heterocycles. The molecule has 7 nitrogen and oxygen atoms in total. The predicted molar refractivity (Wildman–Crippen MR) is 115 cm³/mol. The molecule has 9 heteroatoms. The highest BCUT2D eigenvalue weighted by atomic mass is 35.5. The first-order chi connectivity index (χ1) is 13.7. The lowest BCUT2D eigenvalue weighted by molar-refractivity contribution is 0.0216. The van der Waals surface area contributed by atoms with Gasteiger partial charge in [-0.2, -0.15) is 4.98 Å². The quantitative estimate of drug-likeness (QED) is 0.562. The number of anilines is 1. The Morgan fingerprint density at radius 2 is 2.14 bits per heavy atom.